The fourth-order valence-electron chi connectivity index (χ4n) is 0.560. The number of carbonyl (C=O) groups excluding carboxylic acids is 1. The number of hydrogen-bond acceptors (Lipinski definition) is 3. The summed E-state index contributed by atoms with van der Waals surface area (Å²) in [5.74, 6) is 0.0293. The molecule has 1 unspecified atom stereocenters. The summed E-state index contributed by atoms with van der Waals surface area (Å²) in [6.07, 6.45) is -0.512. The van der Waals surface area contributed by atoms with Crippen LogP contribution in [0.15, 0.2) is 0 Å². The van der Waals surface area contributed by atoms with Crippen molar-refractivity contribution in [1.82, 2.24) is 0 Å². The van der Waals surface area contributed by atoms with Gasteiger partial charge in [0.15, 0.2) is 0 Å². The van der Waals surface area contributed by atoms with Crippen LogP contribution in [0.4, 0.5) is 0 Å². The van der Waals surface area contributed by atoms with Gasteiger partial charge in [-0.15, -0.1) is 0 Å². The van der Waals surface area contributed by atoms with Crippen molar-refractivity contribution in [2.45, 2.75) is 33.3 Å². The standard InChI is InChI=1S/C8H16O3/c1-6(2)5-11-8(10)4-7(3)9/h6-7,9H,4-5H2,1-3H3. The molecule has 0 aromatic carbocycles. The highest BCUT2D eigenvalue weighted by Crippen LogP contribution is 1.97. The molecule has 11 heavy (non-hydrogen) atoms. The lowest BCUT2D eigenvalue weighted by Gasteiger charge is -2.07. The van der Waals surface area contributed by atoms with E-state index < -0.39 is 6.10 Å². The van der Waals surface area contributed by atoms with Gasteiger partial charge < -0.3 is 9.84 Å². The lowest BCUT2D eigenvalue weighted by molar-refractivity contribution is -0.146. The molecule has 0 aromatic heterocycles. The first-order chi connectivity index (χ1) is 5.02. The first-order valence-corrected chi connectivity index (χ1v) is 3.86. The highest BCUT2D eigenvalue weighted by molar-refractivity contribution is 5.69. The molecule has 0 saturated carbocycles. The van der Waals surface area contributed by atoms with Crippen molar-refractivity contribution in [3.63, 3.8) is 0 Å². The molecule has 0 saturated heterocycles. The Morgan fingerprint density at radius 1 is 1.45 bits per heavy atom. The van der Waals surface area contributed by atoms with Crippen LogP contribution >= 0.6 is 0 Å². The molecule has 1 N–H and O–H groups in total. The zero-order valence-electron chi connectivity index (χ0n) is 7.33. The van der Waals surface area contributed by atoms with E-state index in [0.717, 1.165) is 0 Å². The molecule has 0 fully saturated rings. The van der Waals surface area contributed by atoms with Gasteiger partial charge in [0.25, 0.3) is 0 Å². The molecule has 0 bridgehead atoms. The van der Waals surface area contributed by atoms with E-state index in [2.05, 4.69) is 0 Å². The minimum atomic E-state index is -0.602. The molecule has 66 valence electrons. The van der Waals surface area contributed by atoms with Crippen LogP contribution in [0.2, 0.25) is 0 Å². The summed E-state index contributed by atoms with van der Waals surface area (Å²) >= 11 is 0. The zero-order valence-corrected chi connectivity index (χ0v) is 7.33. The number of hydrogen-bond donors (Lipinski definition) is 1. The summed E-state index contributed by atoms with van der Waals surface area (Å²) in [6.45, 7) is 5.94. The number of aliphatic hydroxyl groups excluding tert-OH is 1. The summed E-state index contributed by atoms with van der Waals surface area (Å²) in [4.78, 5) is 10.8. The SMILES string of the molecule is CC(C)COC(=O)CC(C)O. The molecule has 0 heterocycles. The van der Waals surface area contributed by atoms with E-state index in [1.807, 2.05) is 13.8 Å². The molecule has 0 rings (SSSR count). The second kappa shape index (κ2) is 5.13. The first kappa shape index (κ1) is 10.4. The van der Waals surface area contributed by atoms with Gasteiger partial charge >= 0.3 is 5.97 Å². The van der Waals surface area contributed by atoms with Gasteiger partial charge in [-0.2, -0.15) is 0 Å². The van der Waals surface area contributed by atoms with Crippen LogP contribution in [0.25, 0.3) is 0 Å². The maximum atomic E-state index is 10.8. The van der Waals surface area contributed by atoms with Crippen molar-refractivity contribution in [3.05, 3.63) is 0 Å². The monoisotopic (exact) mass is 160 g/mol. The summed E-state index contributed by atoms with van der Waals surface area (Å²) < 4.78 is 4.82. The third-order valence-corrected chi connectivity index (χ3v) is 1.04. The first-order valence-electron chi connectivity index (χ1n) is 3.86. The molecule has 0 spiro atoms. The molecule has 1 atom stereocenters. The van der Waals surface area contributed by atoms with Crippen LogP contribution in [0, 0.1) is 5.92 Å². The molecule has 0 amide bonds. The third kappa shape index (κ3) is 7.33. The van der Waals surface area contributed by atoms with E-state index in [-0.39, 0.29) is 12.4 Å². The third-order valence-electron chi connectivity index (χ3n) is 1.04. The second-order valence-electron chi connectivity index (χ2n) is 3.13. The molecule has 3 nitrogen and oxygen atoms in total. The predicted octanol–water partition coefficient (Wildman–Crippen LogP) is 0.956. The van der Waals surface area contributed by atoms with Crippen molar-refractivity contribution in [3.8, 4) is 0 Å². The van der Waals surface area contributed by atoms with Crippen molar-refractivity contribution < 1.29 is 14.6 Å². The quantitative estimate of drug-likeness (QED) is 0.623. The van der Waals surface area contributed by atoms with E-state index in [1.54, 1.807) is 6.92 Å². The molecule has 0 aromatic rings. The maximum Gasteiger partial charge on any atom is 0.308 e. The number of ether oxygens (including phenoxy) is 1. The van der Waals surface area contributed by atoms with Crippen LogP contribution in [0.1, 0.15) is 27.2 Å². The van der Waals surface area contributed by atoms with Crippen molar-refractivity contribution in [2.75, 3.05) is 6.61 Å². The van der Waals surface area contributed by atoms with Gasteiger partial charge in [-0.1, -0.05) is 13.8 Å². The number of esters is 1. The number of aliphatic hydroxyl groups is 1. The Morgan fingerprint density at radius 2 is 2.00 bits per heavy atom. The van der Waals surface area contributed by atoms with E-state index in [4.69, 9.17) is 9.84 Å². The van der Waals surface area contributed by atoms with E-state index in [9.17, 15) is 4.79 Å². The largest absolute Gasteiger partial charge is 0.465 e. The minimum absolute atomic E-state index is 0.0900. The van der Waals surface area contributed by atoms with Gasteiger partial charge in [0.2, 0.25) is 0 Å². The lowest BCUT2D eigenvalue weighted by atomic mass is 10.2. The average Bonchev–Trinajstić information content (AvgIpc) is 1.82. The summed E-state index contributed by atoms with van der Waals surface area (Å²) in [7, 11) is 0. The van der Waals surface area contributed by atoms with Gasteiger partial charge in [0.05, 0.1) is 19.1 Å². The summed E-state index contributed by atoms with van der Waals surface area (Å²) in [5, 5.41) is 8.79. The Balaban J connectivity index is 3.38. The molecule has 0 radical (unpaired) electrons. The summed E-state index contributed by atoms with van der Waals surface area (Å²) in [6, 6.07) is 0. The molecule has 0 aliphatic carbocycles. The van der Waals surface area contributed by atoms with E-state index >= 15 is 0 Å². The molecule has 0 aliphatic rings. The average molecular weight is 160 g/mol. The molecule has 0 aliphatic heterocycles. The van der Waals surface area contributed by atoms with E-state index in [1.165, 1.54) is 0 Å². The zero-order chi connectivity index (χ0) is 8.85. The van der Waals surface area contributed by atoms with Gasteiger partial charge in [0.1, 0.15) is 0 Å². The van der Waals surface area contributed by atoms with Crippen LogP contribution < -0.4 is 0 Å². The Bertz CT molecular complexity index is 119. The number of rotatable bonds is 4. The Hall–Kier alpha value is -0.570. The Kier molecular flexibility index (Phi) is 4.86. The van der Waals surface area contributed by atoms with Crippen LogP contribution in [0.5, 0.6) is 0 Å². The smallest absolute Gasteiger partial charge is 0.308 e. The summed E-state index contributed by atoms with van der Waals surface area (Å²) in [5.41, 5.74) is 0. The topological polar surface area (TPSA) is 46.5 Å². The Labute approximate surface area is 67.4 Å². The molecular weight excluding hydrogens is 144 g/mol. The predicted molar refractivity (Wildman–Crippen MR) is 42.1 cm³/mol. The van der Waals surface area contributed by atoms with Crippen LogP contribution in [-0.4, -0.2) is 23.8 Å². The lowest BCUT2D eigenvalue weighted by Crippen LogP contribution is -2.15. The van der Waals surface area contributed by atoms with Gasteiger partial charge in [-0.05, 0) is 12.8 Å². The minimum Gasteiger partial charge on any atom is -0.465 e. The van der Waals surface area contributed by atoms with Crippen molar-refractivity contribution in [2.24, 2.45) is 5.92 Å². The van der Waals surface area contributed by atoms with Crippen LogP contribution in [0.3, 0.4) is 0 Å². The highest BCUT2D eigenvalue weighted by Gasteiger charge is 2.07. The molecule has 3 heteroatoms. The molecular formula is C8H16O3. The maximum absolute atomic E-state index is 10.8. The highest BCUT2D eigenvalue weighted by atomic mass is 16.5. The second-order valence-corrected chi connectivity index (χ2v) is 3.13. The van der Waals surface area contributed by atoms with Gasteiger partial charge in [-0.25, -0.2) is 0 Å². The Morgan fingerprint density at radius 3 is 2.36 bits per heavy atom. The van der Waals surface area contributed by atoms with Gasteiger partial charge in [-0.3, -0.25) is 4.79 Å². The fourth-order valence-corrected chi connectivity index (χ4v) is 0.560. The van der Waals surface area contributed by atoms with Crippen molar-refractivity contribution in [1.29, 1.82) is 0 Å². The fraction of sp³-hybridized carbons (Fsp3) is 0.875. The van der Waals surface area contributed by atoms with Gasteiger partial charge in [0, 0.05) is 0 Å². The van der Waals surface area contributed by atoms with Crippen LogP contribution in [-0.2, 0) is 9.53 Å². The van der Waals surface area contributed by atoms with Crippen molar-refractivity contribution >= 4 is 5.97 Å². The normalized spacial score (nSPS) is 13.2. The van der Waals surface area contributed by atoms with E-state index in [0.29, 0.717) is 12.5 Å². The number of carbonyl (C=O) groups is 1.